The number of hydrogen-bond acceptors (Lipinski definition) is 3. The average molecular weight is 341 g/mol. The number of nitrogens with zero attached hydrogens (tertiary/aromatic N) is 1. The number of hydrogen-bond donors (Lipinski definition) is 1. The van der Waals surface area contributed by atoms with Crippen LogP contribution in [0.5, 0.6) is 0 Å². The summed E-state index contributed by atoms with van der Waals surface area (Å²) >= 11 is 7.87. The molecule has 4 heteroatoms. The molecule has 2 nitrogen and oxygen atoms in total. The van der Waals surface area contributed by atoms with E-state index in [4.69, 9.17) is 11.6 Å². The molecule has 23 heavy (non-hydrogen) atoms. The van der Waals surface area contributed by atoms with Gasteiger partial charge < -0.3 is 5.32 Å². The smallest absolute Gasteiger partial charge is 0.0426 e. The molecule has 0 aliphatic rings. The van der Waals surface area contributed by atoms with E-state index in [2.05, 4.69) is 46.7 Å². The van der Waals surface area contributed by atoms with Crippen molar-refractivity contribution in [1.29, 1.82) is 0 Å². The van der Waals surface area contributed by atoms with Gasteiger partial charge >= 0.3 is 0 Å². The van der Waals surface area contributed by atoms with E-state index < -0.39 is 0 Å². The first kappa shape index (κ1) is 15.9. The Labute approximate surface area is 145 Å². The lowest BCUT2D eigenvalue weighted by Gasteiger charge is -2.11. The van der Waals surface area contributed by atoms with E-state index >= 15 is 0 Å². The highest BCUT2D eigenvalue weighted by molar-refractivity contribution is 7.98. The third-order valence-corrected chi connectivity index (χ3v) is 4.85. The molecule has 0 saturated carbocycles. The minimum Gasteiger partial charge on any atom is -0.381 e. The van der Waals surface area contributed by atoms with Crippen molar-refractivity contribution in [3.63, 3.8) is 0 Å². The molecule has 0 aliphatic heterocycles. The third-order valence-electron chi connectivity index (χ3n) is 3.42. The van der Waals surface area contributed by atoms with Crippen molar-refractivity contribution in [2.75, 3.05) is 5.32 Å². The molecular weight excluding hydrogens is 324 g/mol. The normalized spacial score (nSPS) is 10.5. The lowest BCUT2D eigenvalue weighted by Crippen LogP contribution is -2.00. The SMILES string of the molecule is Clc1cccc(NCc2ccccc2SCc2ccncc2)c1. The fourth-order valence-corrected chi connectivity index (χ4v) is 3.43. The molecule has 2 aromatic carbocycles. The Morgan fingerprint density at radius 3 is 2.61 bits per heavy atom. The number of rotatable bonds is 6. The van der Waals surface area contributed by atoms with Gasteiger partial charge in [0.2, 0.25) is 0 Å². The van der Waals surface area contributed by atoms with Crippen LogP contribution < -0.4 is 5.32 Å². The summed E-state index contributed by atoms with van der Waals surface area (Å²) in [6.45, 7) is 0.778. The van der Waals surface area contributed by atoms with Crippen LogP contribution in [-0.2, 0) is 12.3 Å². The first-order valence-corrected chi connectivity index (χ1v) is 8.77. The number of halogens is 1. The fourth-order valence-electron chi connectivity index (χ4n) is 2.23. The zero-order valence-electron chi connectivity index (χ0n) is 12.6. The summed E-state index contributed by atoms with van der Waals surface area (Å²) < 4.78 is 0. The van der Waals surface area contributed by atoms with E-state index in [9.17, 15) is 0 Å². The number of aromatic nitrogens is 1. The van der Waals surface area contributed by atoms with Gasteiger partial charge in [-0.1, -0.05) is 35.9 Å². The maximum Gasteiger partial charge on any atom is 0.0426 e. The Balaban J connectivity index is 1.65. The van der Waals surface area contributed by atoms with Gasteiger partial charge in [0.05, 0.1) is 0 Å². The van der Waals surface area contributed by atoms with Crippen molar-refractivity contribution in [1.82, 2.24) is 4.98 Å². The van der Waals surface area contributed by atoms with Gasteiger partial charge in [0.15, 0.2) is 0 Å². The van der Waals surface area contributed by atoms with E-state index in [0.29, 0.717) is 0 Å². The molecule has 0 atom stereocenters. The van der Waals surface area contributed by atoms with E-state index in [1.807, 2.05) is 48.4 Å². The predicted octanol–water partition coefficient (Wildman–Crippen LogP) is 5.64. The Morgan fingerprint density at radius 1 is 0.957 bits per heavy atom. The van der Waals surface area contributed by atoms with E-state index in [0.717, 1.165) is 23.0 Å². The van der Waals surface area contributed by atoms with Crippen molar-refractivity contribution in [2.24, 2.45) is 0 Å². The van der Waals surface area contributed by atoms with Crippen LogP contribution in [0.2, 0.25) is 5.02 Å². The average Bonchev–Trinajstić information content (AvgIpc) is 2.60. The predicted molar refractivity (Wildman–Crippen MR) is 99.0 cm³/mol. The molecule has 0 saturated heterocycles. The highest BCUT2D eigenvalue weighted by Gasteiger charge is 2.03. The summed E-state index contributed by atoms with van der Waals surface area (Å²) in [5.74, 6) is 0.941. The van der Waals surface area contributed by atoms with Crippen LogP contribution >= 0.6 is 23.4 Å². The maximum atomic E-state index is 6.03. The largest absolute Gasteiger partial charge is 0.381 e. The highest BCUT2D eigenvalue weighted by atomic mass is 35.5. The van der Waals surface area contributed by atoms with Crippen molar-refractivity contribution >= 4 is 29.1 Å². The Bertz CT molecular complexity index is 762. The topological polar surface area (TPSA) is 24.9 Å². The highest BCUT2D eigenvalue weighted by Crippen LogP contribution is 2.27. The molecule has 0 amide bonds. The molecule has 3 aromatic rings. The number of thioether (sulfide) groups is 1. The van der Waals surface area contributed by atoms with Gasteiger partial charge in [0.1, 0.15) is 0 Å². The fraction of sp³-hybridized carbons (Fsp3) is 0.105. The summed E-state index contributed by atoms with van der Waals surface area (Å²) in [5.41, 5.74) is 3.60. The van der Waals surface area contributed by atoms with Crippen LogP contribution in [0.3, 0.4) is 0 Å². The number of benzene rings is 2. The van der Waals surface area contributed by atoms with Crippen LogP contribution in [0.4, 0.5) is 5.69 Å². The second-order valence-corrected chi connectivity index (χ2v) is 6.57. The van der Waals surface area contributed by atoms with Gasteiger partial charge in [-0.25, -0.2) is 0 Å². The molecule has 0 unspecified atom stereocenters. The second kappa shape index (κ2) is 8.04. The van der Waals surface area contributed by atoms with Crippen molar-refractivity contribution in [3.05, 3.63) is 89.2 Å². The Kier molecular flexibility index (Phi) is 5.56. The zero-order chi connectivity index (χ0) is 15.9. The minimum absolute atomic E-state index is 0.746. The molecule has 0 aliphatic carbocycles. The molecule has 1 aromatic heterocycles. The quantitative estimate of drug-likeness (QED) is 0.588. The van der Waals surface area contributed by atoms with Gasteiger partial charge in [-0.3, -0.25) is 4.98 Å². The standard InChI is InChI=1S/C19H17ClN2S/c20-17-5-3-6-18(12-17)22-13-16-4-1-2-7-19(16)23-14-15-8-10-21-11-9-15/h1-12,22H,13-14H2. The third kappa shape index (κ3) is 4.75. The number of pyridine rings is 1. The van der Waals surface area contributed by atoms with Gasteiger partial charge in [0, 0.05) is 40.3 Å². The van der Waals surface area contributed by atoms with Gasteiger partial charge in [-0.05, 0) is 47.5 Å². The maximum absolute atomic E-state index is 6.03. The molecule has 0 radical (unpaired) electrons. The molecule has 0 spiro atoms. The molecule has 116 valence electrons. The molecule has 3 rings (SSSR count). The van der Waals surface area contributed by atoms with Gasteiger partial charge in [-0.2, -0.15) is 0 Å². The summed E-state index contributed by atoms with van der Waals surface area (Å²) in [5, 5.41) is 4.18. The first-order valence-electron chi connectivity index (χ1n) is 7.40. The first-order chi connectivity index (χ1) is 11.3. The number of nitrogens with one attached hydrogen (secondary N) is 1. The van der Waals surface area contributed by atoms with E-state index in [1.165, 1.54) is 16.0 Å². The minimum atomic E-state index is 0.746. The van der Waals surface area contributed by atoms with E-state index in [1.54, 1.807) is 0 Å². The molecule has 1 N–H and O–H groups in total. The van der Waals surface area contributed by atoms with Crippen molar-refractivity contribution in [2.45, 2.75) is 17.2 Å². The summed E-state index contributed by atoms with van der Waals surface area (Å²) in [4.78, 5) is 5.35. The molecular formula is C19H17ClN2S. The number of anilines is 1. The molecule has 1 heterocycles. The summed E-state index contributed by atoms with van der Waals surface area (Å²) in [7, 11) is 0. The lowest BCUT2D eigenvalue weighted by molar-refractivity contribution is 1.09. The van der Waals surface area contributed by atoms with Crippen LogP contribution in [0, 0.1) is 0 Å². The van der Waals surface area contributed by atoms with Gasteiger partial charge in [0.25, 0.3) is 0 Å². The van der Waals surface area contributed by atoms with Crippen LogP contribution in [0.25, 0.3) is 0 Å². The van der Waals surface area contributed by atoms with Crippen LogP contribution in [0.15, 0.2) is 78.0 Å². The van der Waals surface area contributed by atoms with E-state index in [-0.39, 0.29) is 0 Å². The summed E-state index contributed by atoms with van der Waals surface area (Å²) in [6.07, 6.45) is 3.67. The summed E-state index contributed by atoms with van der Waals surface area (Å²) in [6, 6.07) is 20.4. The monoisotopic (exact) mass is 340 g/mol. The van der Waals surface area contributed by atoms with Crippen molar-refractivity contribution < 1.29 is 0 Å². The molecule has 0 bridgehead atoms. The van der Waals surface area contributed by atoms with Crippen LogP contribution in [-0.4, -0.2) is 4.98 Å². The Hall–Kier alpha value is -1.97. The molecule has 0 fully saturated rings. The Morgan fingerprint density at radius 2 is 1.78 bits per heavy atom. The van der Waals surface area contributed by atoms with Gasteiger partial charge in [-0.15, -0.1) is 11.8 Å². The second-order valence-electron chi connectivity index (χ2n) is 5.12. The van der Waals surface area contributed by atoms with Crippen molar-refractivity contribution in [3.8, 4) is 0 Å². The van der Waals surface area contributed by atoms with Crippen LogP contribution in [0.1, 0.15) is 11.1 Å². The lowest BCUT2D eigenvalue weighted by atomic mass is 10.2. The zero-order valence-corrected chi connectivity index (χ0v) is 14.1.